The van der Waals surface area contributed by atoms with Crippen molar-refractivity contribution in [3.05, 3.63) is 71.5 Å². The van der Waals surface area contributed by atoms with Gasteiger partial charge in [0.05, 0.1) is 18.0 Å². The van der Waals surface area contributed by atoms with E-state index in [9.17, 15) is 14.7 Å². The minimum absolute atomic E-state index is 0.0881. The molecule has 3 rings (SSSR count). The fourth-order valence-corrected chi connectivity index (χ4v) is 2.90. The van der Waals surface area contributed by atoms with Gasteiger partial charge in [-0.05, 0) is 47.0 Å². The van der Waals surface area contributed by atoms with Gasteiger partial charge < -0.3 is 10.4 Å². The van der Waals surface area contributed by atoms with E-state index in [2.05, 4.69) is 20.8 Å². The minimum Gasteiger partial charge on any atom is -0.481 e. The van der Waals surface area contributed by atoms with Crippen molar-refractivity contribution in [2.45, 2.75) is 19.8 Å². The summed E-state index contributed by atoms with van der Waals surface area (Å²) in [5.74, 6) is -1.81. The van der Waals surface area contributed by atoms with Crippen molar-refractivity contribution in [3.8, 4) is 5.69 Å². The Bertz CT molecular complexity index is 939. The number of tetrazole rings is 1. The largest absolute Gasteiger partial charge is 0.481 e. The maximum absolute atomic E-state index is 12.2. The molecule has 0 aliphatic heterocycles. The van der Waals surface area contributed by atoms with Crippen LogP contribution < -0.4 is 5.32 Å². The van der Waals surface area contributed by atoms with Crippen molar-refractivity contribution in [3.63, 3.8) is 0 Å². The number of hydrogen-bond donors (Lipinski definition) is 2. The molecule has 28 heavy (non-hydrogen) atoms. The maximum Gasteiger partial charge on any atom is 0.308 e. The van der Waals surface area contributed by atoms with Crippen LogP contribution in [0.25, 0.3) is 5.69 Å². The number of carboxylic acid groups (broad SMARTS) is 1. The molecule has 0 aliphatic rings. The Balaban J connectivity index is 1.53. The van der Waals surface area contributed by atoms with Gasteiger partial charge in [-0.25, -0.2) is 4.68 Å². The monoisotopic (exact) mass is 379 g/mol. The van der Waals surface area contributed by atoms with Crippen LogP contribution in [-0.4, -0.2) is 43.7 Å². The molecule has 0 bridgehead atoms. The lowest BCUT2D eigenvalue weighted by Crippen LogP contribution is -2.34. The first-order chi connectivity index (χ1) is 13.5. The summed E-state index contributed by atoms with van der Waals surface area (Å²) < 4.78 is 1.52. The zero-order valence-electron chi connectivity index (χ0n) is 15.4. The fraction of sp³-hybridized carbons (Fsp3) is 0.250. The molecule has 0 saturated heterocycles. The first kappa shape index (κ1) is 19.2. The third kappa shape index (κ3) is 5.23. The summed E-state index contributed by atoms with van der Waals surface area (Å²) in [5.41, 5.74) is 3.63. The number of carboxylic acids is 1. The topological polar surface area (TPSA) is 110 Å². The van der Waals surface area contributed by atoms with Crippen LogP contribution in [-0.2, 0) is 22.4 Å². The number of hydrogen-bond acceptors (Lipinski definition) is 5. The molecule has 2 aromatic carbocycles. The number of amides is 1. The average molecular weight is 379 g/mol. The van der Waals surface area contributed by atoms with Crippen molar-refractivity contribution in [1.29, 1.82) is 0 Å². The standard InChI is InChI=1S/C20H21N5O3/c1-14-3-2-4-16(9-14)10-17(20(27)28)12-21-19(26)11-15-5-7-18(8-6-15)25-13-22-23-24-25/h2-9,13,17H,10-12H2,1H3,(H,21,26)(H,27,28). The highest BCUT2D eigenvalue weighted by molar-refractivity contribution is 5.79. The number of benzene rings is 2. The van der Waals surface area contributed by atoms with E-state index in [1.54, 1.807) is 0 Å². The molecule has 1 unspecified atom stereocenters. The van der Waals surface area contributed by atoms with Gasteiger partial charge in [0.15, 0.2) is 0 Å². The number of aromatic nitrogens is 4. The van der Waals surface area contributed by atoms with Gasteiger partial charge >= 0.3 is 5.97 Å². The highest BCUT2D eigenvalue weighted by Crippen LogP contribution is 2.12. The molecule has 0 radical (unpaired) electrons. The van der Waals surface area contributed by atoms with E-state index >= 15 is 0 Å². The SMILES string of the molecule is Cc1cccc(CC(CNC(=O)Cc2ccc(-n3cnnn3)cc2)C(=O)O)c1. The third-order valence-corrected chi connectivity index (χ3v) is 4.37. The Labute approximate surface area is 162 Å². The van der Waals surface area contributed by atoms with Crippen LogP contribution in [0.15, 0.2) is 54.9 Å². The van der Waals surface area contributed by atoms with Gasteiger partial charge in [0, 0.05) is 6.54 Å². The van der Waals surface area contributed by atoms with Crippen LogP contribution in [0.1, 0.15) is 16.7 Å². The van der Waals surface area contributed by atoms with Crippen molar-refractivity contribution in [2.24, 2.45) is 5.92 Å². The van der Waals surface area contributed by atoms with Crippen molar-refractivity contribution < 1.29 is 14.7 Å². The van der Waals surface area contributed by atoms with Crippen LogP contribution in [0.3, 0.4) is 0 Å². The Kier molecular flexibility index (Phi) is 6.11. The predicted molar refractivity (Wildman–Crippen MR) is 102 cm³/mol. The molecule has 1 amide bonds. The molecule has 0 fully saturated rings. The van der Waals surface area contributed by atoms with E-state index in [0.29, 0.717) is 6.42 Å². The van der Waals surface area contributed by atoms with E-state index in [4.69, 9.17) is 0 Å². The summed E-state index contributed by atoms with van der Waals surface area (Å²) >= 11 is 0. The number of rotatable bonds is 8. The summed E-state index contributed by atoms with van der Waals surface area (Å²) in [4.78, 5) is 23.8. The van der Waals surface area contributed by atoms with E-state index < -0.39 is 11.9 Å². The molecule has 8 heteroatoms. The first-order valence-electron chi connectivity index (χ1n) is 8.88. The van der Waals surface area contributed by atoms with Gasteiger partial charge in [-0.1, -0.05) is 42.0 Å². The Morgan fingerprint density at radius 3 is 2.57 bits per heavy atom. The molecule has 1 aromatic heterocycles. The minimum atomic E-state index is -0.924. The average Bonchev–Trinajstić information content (AvgIpc) is 3.20. The summed E-state index contributed by atoms with van der Waals surface area (Å²) in [5, 5.41) is 23.2. The van der Waals surface area contributed by atoms with E-state index in [1.165, 1.54) is 11.0 Å². The Hall–Kier alpha value is -3.55. The molecule has 0 spiro atoms. The third-order valence-electron chi connectivity index (χ3n) is 4.37. The lowest BCUT2D eigenvalue weighted by atomic mass is 9.98. The van der Waals surface area contributed by atoms with Crippen LogP contribution in [0, 0.1) is 12.8 Å². The Morgan fingerprint density at radius 1 is 1.14 bits per heavy atom. The quantitative estimate of drug-likeness (QED) is 0.615. The second kappa shape index (κ2) is 8.90. The molecular formula is C20H21N5O3. The zero-order valence-corrected chi connectivity index (χ0v) is 15.4. The zero-order chi connectivity index (χ0) is 19.9. The fourth-order valence-electron chi connectivity index (χ4n) is 2.90. The molecular weight excluding hydrogens is 358 g/mol. The molecule has 0 saturated carbocycles. The molecule has 144 valence electrons. The van der Waals surface area contributed by atoms with Gasteiger partial charge in [0.2, 0.25) is 5.91 Å². The lowest BCUT2D eigenvalue weighted by Gasteiger charge is -2.14. The summed E-state index contributed by atoms with van der Waals surface area (Å²) in [6.07, 6.45) is 2.03. The van der Waals surface area contributed by atoms with Crippen LogP contribution in [0.5, 0.6) is 0 Å². The van der Waals surface area contributed by atoms with E-state index in [0.717, 1.165) is 22.4 Å². The van der Waals surface area contributed by atoms with Crippen LogP contribution in [0.2, 0.25) is 0 Å². The maximum atomic E-state index is 12.2. The van der Waals surface area contributed by atoms with Gasteiger partial charge in [-0.15, -0.1) is 5.10 Å². The normalized spacial score (nSPS) is 11.8. The predicted octanol–water partition coefficient (Wildman–Crippen LogP) is 1.57. The first-order valence-corrected chi connectivity index (χ1v) is 8.88. The molecule has 3 aromatic rings. The number of nitrogens with zero attached hydrogens (tertiary/aromatic N) is 4. The molecule has 0 aliphatic carbocycles. The van der Waals surface area contributed by atoms with Crippen molar-refractivity contribution in [2.75, 3.05) is 6.54 Å². The summed E-state index contributed by atoms with van der Waals surface area (Å²) in [6.45, 7) is 2.05. The van der Waals surface area contributed by atoms with Crippen LogP contribution >= 0.6 is 0 Å². The van der Waals surface area contributed by atoms with Gasteiger partial charge in [-0.2, -0.15) is 0 Å². The number of carbonyl (C=O) groups excluding carboxylic acids is 1. The number of aliphatic carboxylic acids is 1. The summed E-state index contributed by atoms with van der Waals surface area (Å²) in [6, 6.07) is 15.0. The van der Waals surface area contributed by atoms with Gasteiger partial charge in [0.1, 0.15) is 6.33 Å². The molecule has 1 atom stereocenters. The number of carbonyl (C=O) groups is 2. The smallest absolute Gasteiger partial charge is 0.308 e. The second-order valence-corrected chi connectivity index (χ2v) is 6.63. The van der Waals surface area contributed by atoms with E-state index in [1.807, 2.05) is 55.5 Å². The molecule has 8 nitrogen and oxygen atoms in total. The lowest BCUT2D eigenvalue weighted by molar-refractivity contribution is -0.141. The van der Waals surface area contributed by atoms with Crippen molar-refractivity contribution >= 4 is 11.9 Å². The van der Waals surface area contributed by atoms with Crippen molar-refractivity contribution in [1.82, 2.24) is 25.5 Å². The van der Waals surface area contributed by atoms with Crippen LogP contribution in [0.4, 0.5) is 0 Å². The molecule has 1 heterocycles. The second-order valence-electron chi connectivity index (χ2n) is 6.63. The molecule has 2 N–H and O–H groups in total. The van der Waals surface area contributed by atoms with Gasteiger partial charge in [0.25, 0.3) is 0 Å². The number of aryl methyl sites for hydroxylation is 1. The van der Waals surface area contributed by atoms with Gasteiger partial charge in [-0.3, -0.25) is 9.59 Å². The Morgan fingerprint density at radius 2 is 1.93 bits per heavy atom. The van der Waals surface area contributed by atoms with E-state index in [-0.39, 0.29) is 18.9 Å². The summed E-state index contributed by atoms with van der Waals surface area (Å²) in [7, 11) is 0. The highest BCUT2D eigenvalue weighted by Gasteiger charge is 2.19. The number of nitrogens with one attached hydrogen (secondary N) is 1. The highest BCUT2D eigenvalue weighted by atomic mass is 16.4.